The molecule has 0 N–H and O–H groups in total. The number of aromatic nitrogens is 2. The molecule has 1 aromatic heterocycles. The first-order valence-corrected chi connectivity index (χ1v) is 10.7. The van der Waals surface area contributed by atoms with Crippen molar-refractivity contribution in [2.24, 2.45) is 5.92 Å². The minimum Gasteiger partial charge on any atom is -0.339 e. The number of piperazine rings is 1. The van der Waals surface area contributed by atoms with Crippen LogP contribution in [-0.2, 0) is 16.1 Å². The summed E-state index contributed by atoms with van der Waals surface area (Å²) in [5, 5.41) is 0.505. The Kier molecular flexibility index (Phi) is 5.02. The van der Waals surface area contributed by atoms with Crippen molar-refractivity contribution in [3.05, 3.63) is 76.8 Å². The fourth-order valence-electron chi connectivity index (χ4n) is 4.41. The predicted molar refractivity (Wildman–Crippen MR) is 116 cm³/mol. The number of fused-ring (bicyclic) bond motifs is 1. The molecule has 7 heteroatoms. The lowest BCUT2D eigenvalue weighted by Crippen LogP contribution is -2.52. The third kappa shape index (κ3) is 3.83. The standard InChI is InChI=1S/C24H24N4O3/c29-22(15-28-16-25-21-9-5-4-8-18(21)23(28)30)26-10-12-27(13-11-26)24(31)20-14-19(20)17-6-2-1-3-7-17/h1-9,16,19-20H,10-15H2. The van der Waals surface area contributed by atoms with Crippen LogP contribution in [0.4, 0.5) is 0 Å². The number of rotatable bonds is 4. The van der Waals surface area contributed by atoms with E-state index in [0.29, 0.717) is 43.0 Å². The van der Waals surface area contributed by atoms with Crippen LogP contribution in [0.25, 0.3) is 10.9 Å². The Bertz CT molecular complexity index is 1180. The summed E-state index contributed by atoms with van der Waals surface area (Å²) >= 11 is 0. The van der Waals surface area contributed by atoms with E-state index in [0.717, 1.165) is 6.42 Å². The zero-order valence-electron chi connectivity index (χ0n) is 17.2. The minimum atomic E-state index is -0.214. The van der Waals surface area contributed by atoms with Gasteiger partial charge in [0.05, 0.1) is 17.2 Å². The van der Waals surface area contributed by atoms with Gasteiger partial charge < -0.3 is 9.80 Å². The van der Waals surface area contributed by atoms with E-state index in [-0.39, 0.29) is 29.8 Å². The Balaban J connectivity index is 1.17. The topological polar surface area (TPSA) is 75.5 Å². The molecule has 2 atom stereocenters. The normalized spacial score (nSPS) is 20.6. The number of nitrogens with zero attached hydrogens (tertiary/aromatic N) is 4. The summed E-state index contributed by atoms with van der Waals surface area (Å²) in [4.78, 5) is 46.1. The molecule has 0 spiro atoms. The third-order valence-corrected chi connectivity index (χ3v) is 6.32. The van der Waals surface area contributed by atoms with Crippen LogP contribution in [0.5, 0.6) is 0 Å². The van der Waals surface area contributed by atoms with Gasteiger partial charge >= 0.3 is 0 Å². The molecule has 2 aromatic carbocycles. The summed E-state index contributed by atoms with van der Waals surface area (Å²) < 4.78 is 1.36. The van der Waals surface area contributed by atoms with Crippen molar-refractivity contribution >= 4 is 22.7 Å². The predicted octanol–water partition coefficient (Wildman–Crippen LogP) is 1.87. The molecule has 1 aliphatic heterocycles. The number of hydrogen-bond donors (Lipinski definition) is 0. The summed E-state index contributed by atoms with van der Waals surface area (Å²) in [5.74, 6) is 0.448. The number of benzene rings is 2. The van der Waals surface area contributed by atoms with Gasteiger partial charge in [-0.25, -0.2) is 4.98 Å². The molecule has 1 saturated carbocycles. The zero-order chi connectivity index (χ0) is 21.4. The van der Waals surface area contributed by atoms with Crippen molar-refractivity contribution in [3.8, 4) is 0 Å². The molecular weight excluding hydrogens is 392 g/mol. The van der Waals surface area contributed by atoms with Crippen LogP contribution in [-0.4, -0.2) is 57.3 Å². The summed E-state index contributed by atoms with van der Waals surface area (Å²) in [5.41, 5.74) is 1.63. The summed E-state index contributed by atoms with van der Waals surface area (Å²) in [6.45, 7) is 2.01. The second-order valence-corrected chi connectivity index (χ2v) is 8.26. The molecular formula is C24H24N4O3. The van der Waals surface area contributed by atoms with Crippen LogP contribution in [0, 0.1) is 5.92 Å². The van der Waals surface area contributed by atoms with E-state index in [4.69, 9.17) is 0 Å². The molecule has 3 aromatic rings. The highest BCUT2D eigenvalue weighted by atomic mass is 16.2. The van der Waals surface area contributed by atoms with E-state index in [9.17, 15) is 14.4 Å². The lowest BCUT2D eigenvalue weighted by molar-refractivity contribution is -0.140. The van der Waals surface area contributed by atoms with Gasteiger partial charge in [0.2, 0.25) is 11.8 Å². The Morgan fingerprint density at radius 1 is 0.903 bits per heavy atom. The Hall–Kier alpha value is -3.48. The molecule has 1 aliphatic carbocycles. The Morgan fingerprint density at radius 3 is 2.35 bits per heavy atom. The number of para-hydroxylation sites is 1. The molecule has 5 rings (SSSR count). The lowest BCUT2D eigenvalue weighted by Gasteiger charge is -2.35. The fraction of sp³-hybridized carbons (Fsp3) is 0.333. The molecule has 1 saturated heterocycles. The van der Waals surface area contributed by atoms with Crippen molar-refractivity contribution < 1.29 is 9.59 Å². The fourth-order valence-corrected chi connectivity index (χ4v) is 4.41. The van der Waals surface area contributed by atoms with Crippen molar-refractivity contribution in [2.45, 2.75) is 18.9 Å². The van der Waals surface area contributed by atoms with Gasteiger partial charge in [0.15, 0.2) is 0 Å². The molecule has 0 radical (unpaired) electrons. The van der Waals surface area contributed by atoms with Gasteiger partial charge in [-0.15, -0.1) is 0 Å². The van der Waals surface area contributed by atoms with Crippen LogP contribution in [0.3, 0.4) is 0 Å². The molecule has 0 bridgehead atoms. The Labute approximate surface area is 179 Å². The maximum Gasteiger partial charge on any atom is 0.261 e. The number of amides is 2. The second-order valence-electron chi connectivity index (χ2n) is 8.26. The van der Waals surface area contributed by atoms with E-state index < -0.39 is 0 Å². The first-order valence-electron chi connectivity index (χ1n) is 10.7. The van der Waals surface area contributed by atoms with Crippen LogP contribution in [0.15, 0.2) is 65.7 Å². The lowest BCUT2D eigenvalue weighted by atomic mass is 10.1. The van der Waals surface area contributed by atoms with E-state index in [1.165, 1.54) is 16.5 Å². The first kappa shape index (κ1) is 19.5. The second kappa shape index (κ2) is 7.98. The average Bonchev–Trinajstić information content (AvgIpc) is 3.62. The van der Waals surface area contributed by atoms with E-state index in [2.05, 4.69) is 17.1 Å². The van der Waals surface area contributed by atoms with Crippen LogP contribution in [0.1, 0.15) is 17.9 Å². The summed E-state index contributed by atoms with van der Waals surface area (Å²) in [6.07, 6.45) is 2.33. The van der Waals surface area contributed by atoms with Crippen molar-refractivity contribution in [1.29, 1.82) is 0 Å². The van der Waals surface area contributed by atoms with E-state index in [1.807, 2.05) is 29.2 Å². The third-order valence-electron chi connectivity index (χ3n) is 6.32. The monoisotopic (exact) mass is 416 g/mol. The van der Waals surface area contributed by atoms with Crippen LogP contribution in [0.2, 0.25) is 0 Å². The molecule has 2 amide bonds. The molecule has 2 fully saturated rings. The average molecular weight is 416 g/mol. The molecule has 158 valence electrons. The van der Waals surface area contributed by atoms with Gasteiger partial charge in [0.25, 0.3) is 5.56 Å². The molecule has 7 nitrogen and oxygen atoms in total. The van der Waals surface area contributed by atoms with E-state index >= 15 is 0 Å². The summed E-state index contributed by atoms with van der Waals surface area (Å²) in [7, 11) is 0. The van der Waals surface area contributed by atoms with E-state index in [1.54, 1.807) is 23.1 Å². The van der Waals surface area contributed by atoms with Crippen molar-refractivity contribution in [1.82, 2.24) is 19.4 Å². The molecule has 2 unspecified atom stereocenters. The van der Waals surface area contributed by atoms with Gasteiger partial charge in [0.1, 0.15) is 6.54 Å². The quantitative estimate of drug-likeness (QED) is 0.651. The number of hydrogen-bond acceptors (Lipinski definition) is 4. The molecule has 31 heavy (non-hydrogen) atoms. The first-order chi connectivity index (χ1) is 15.1. The van der Waals surface area contributed by atoms with Gasteiger partial charge in [-0.05, 0) is 30.0 Å². The molecule has 2 aliphatic rings. The number of carbonyl (C=O) groups excluding carboxylic acids is 2. The Morgan fingerprint density at radius 2 is 1.58 bits per heavy atom. The van der Waals surface area contributed by atoms with Crippen LogP contribution >= 0.6 is 0 Å². The smallest absolute Gasteiger partial charge is 0.261 e. The van der Waals surface area contributed by atoms with Crippen LogP contribution < -0.4 is 5.56 Å². The SMILES string of the molecule is O=C(Cn1cnc2ccccc2c1=O)N1CCN(C(=O)C2CC2c2ccccc2)CC1. The maximum absolute atomic E-state index is 12.8. The highest BCUT2D eigenvalue weighted by molar-refractivity contribution is 5.84. The number of carbonyl (C=O) groups is 2. The highest BCUT2D eigenvalue weighted by Crippen LogP contribution is 2.48. The maximum atomic E-state index is 12.8. The van der Waals surface area contributed by atoms with Gasteiger partial charge in [-0.1, -0.05) is 42.5 Å². The zero-order valence-corrected chi connectivity index (χ0v) is 17.2. The summed E-state index contributed by atoms with van der Waals surface area (Å²) in [6, 6.07) is 17.3. The van der Waals surface area contributed by atoms with Crippen molar-refractivity contribution in [3.63, 3.8) is 0 Å². The largest absolute Gasteiger partial charge is 0.339 e. The highest BCUT2D eigenvalue weighted by Gasteiger charge is 2.46. The van der Waals surface area contributed by atoms with Crippen molar-refractivity contribution in [2.75, 3.05) is 26.2 Å². The molecule has 2 heterocycles. The van der Waals surface area contributed by atoms with Gasteiger partial charge in [-0.3, -0.25) is 19.0 Å². The van der Waals surface area contributed by atoms with Gasteiger partial charge in [0, 0.05) is 32.1 Å². The van der Waals surface area contributed by atoms with Gasteiger partial charge in [-0.2, -0.15) is 0 Å². The minimum absolute atomic E-state index is 0.0384.